The van der Waals surface area contributed by atoms with Crippen LogP contribution in [0.1, 0.15) is 13.8 Å². The van der Waals surface area contributed by atoms with Crippen molar-refractivity contribution in [3.63, 3.8) is 0 Å². The number of nitrogens with zero attached hydrogens (tertiary/aromatic N) is 4. The van der Waals surface area contributed by atoms with E-state index in [-0.39, 0.29) is 0 Å². The Hall–Kier alpha value is -1.11. The molecular formula is C14H24ClN5O. The summed E-state index contributed by atoms with van der Waals surface area (Å²) in [5, 5.41) is 3.51. The Kier molecular flexibility index (Phi) is 5.61. The highest BCUT2D eigenvalue weighted by Crippen LogP contribution is 2.27. The summed E-state index contributed by atoms with van der Waals surface area (Å²) in [5.41, 5.74) is 0.769. The first kappa shape index (κ1) is 16.3. The Labute approximate surface area is 131 Å². The van der Waals surface area contributed by atoms with Gasteiger partial charge in [0, 0.05) is 40.3 Å². The fraction of sp³-hybridized carbons (Fsp3) is 0.714. The molecule has 6 nitrogen and oxygen atoms in total. The molecule has 0 radical (unpaired) electrons. The van der Waals surface area contributed by atoms with Crippen molar-refractivity contribution in [3.8, 4) is 0 Å². The first-order chi connectivity index (χ1) is 10.0. The Morgan fingerprint density at radius 2 is 2.05 bits per heavy atom. The second-order valence-corrected chi connectivity index (χ2v) is 5.91. The average molecular weight is 314 g/mol. The number of halogens is 1. The van der Waals surface area contributed by atoms with Crippen LogP contribution in [-0.2, 0) is 4.74 Å². The number of ether oxygens (including phenoxy) is 1. The first-order valence-corrected chi connectivity index (χ1v) is 7.66. The van der Waals surface area contributed by atoms with Crippen LogP contribution in [0.25, 0.3) is 0 Å². The van der Waals surface area contributed by atoms with E-state index in [4.69, 9.17) is 16.3 Å². The minimum Gasteiger partial charge on any atom is -0.383 e. The van der Waals surface area contributed by atoms with Gasteiger partial charge in [-0.3, -0.25) is 4.90 Å². The van der Waals surface area contributed by atoms with E-state index in [1.165, 1.54) is 6.33 Å². The summed E-state index contributed by atoms with van der Waals surface area (Å²) in [6, 6.07) is 0. The lowest BCUT2D eigenvalue weighted by Crippen LogP contribution is -2.47. The number of hydrogen-bond acceptors (Lipinski definition) is 6. The molecule has 2 heterocycles. The summed E-state index contributed by atoms with van der Waals surface area (Å²) in [7, 11) is 3.85. The number of hydrogen-bond donors (Lipinski definition) is 1. The minimum absolute atomic E-state index is 0.292. The summed E-state index contributed by atoms with van der Waals surface area (Å²) >= 11 is 6.09. The van der Waals surface area contributed by atoms with Crippen molar-refractivity contribution >= 4 is 23.1 Å². The smallest absolute Gasteiger partial charge is 0.157 e. The van der Waals surface area contributed by atoms with E-state index in [0.717, 1.165) is 37.7 Å². The van der Waals surface area contributed by atoms with Crippen molar-refractivity contribution < 1.29 is 4.74 Å². The molecule has 0 saturated carbocycles. The fourth-order valence-corrected chi connectivity index (χ4v) is 2.95. The molecule has 0 spiro atoms. The topological polar surface area (TPSA) is 53.5 Å². The van der Waals surface area contributed by atoms with Crippen molar-refractivity contribution in [1.82, 2.24) is 14.9 Å². The Bertz CT molecular complexity index is 463. The largest absolute Gasteiger partial charge is 0.383 e. The maximum atomic E-state index is 6.09. The van der Waals surface area contributed by atoms with Crippen molar-refractivity contribution in [2.24, 2.45) is 0 Å². The number of anilines is 2. The number of morpholine rings is 1. The molecule has 0 unspecified atom stereocenters. The first-order valence-electron chi connectivity index (χ1n) is 7.28. The van der Waals surface area contributed by atoms with Gasteiger partial charge in [-0.05, 0) is 13.8 Å². The number of rotatable bonds is 5. The quantitative estimate of drug-likeness (QED) is 0.835. The van der Waals surface area contributed by atoms with Gasteiger partial charge in [-0.25, -0.2) is 9.97 Å². The van der Waals surface area contributed by atoms with Gasteiger partial charge in [-0.15, -0.1) is 0 Å². The van der Waals surface area contributed by atoms with Gasteiger partial charge in [-0.1, -0.05) is 11.6 Å². The number of likely N-dealkylation sites (N-methyl/N-ethyl adjacent to an activating group) is 1. The van der Waals surface area contributed by atoms with Gasteiger partial charge in [0.1, 0.15) is 12.0 Å². The summed E-state index contributed by atoms with van der Waals surface area (Å²) in [6.07, 6.45) is 2.08. The highest BCUT2D eigenvalue weighted by atomic mass is 35.5. The molecule has 1 aromatic rings. The van der Waals surface area contributed by atoms with E-state index >= 15 is 0 Å². The molecule has 1 aromatic heterocycles. The molecule has 1 N–H and O–H groups in total. The normalized spacial score (nSPS) is 23.1. The van der Waals surface area contributed by atoms with Gasteiger partial charge >= 0.3 is 0 Å². The molecule has 0 amide bonds. The third kappa shape index (κ3) is 4.18. The molecule has 1 fully saturated rings. The highest BCUT2D eigenvalue weighted by molar-refractivity contribution is 6.32. The van der Waals surface area contributed by atoms with E-state index in [9.17, 15) is 0 Å². The molecule has 118 valence electrons. The summed E-state index contributed by atoms with van der Waals surface area (Å²) in [4.78, 5) is 12.9. The third-order valence-corrected chi connectivity index (χ3v) is 3.93. The minimum atomic E-state index is 0.292. The zero-order valence-electron chi connectivity index (χ0n) is 13.1. The van der Waals surface area contributed by atoms with E-state index in [1.54, 1.807) is 0 Å². The van der Waals surface area contributed by atoms with Crippen molar-refractivity contribution in [1.29, 1.82) is 0 Å². The highest BCUT2D eigenvalue weighted by Gasteiger charge is 2.22. The van der Waals surface area contributed by atoms with E-state index in [1.807, 2.05) is 14.1 Å². The summed E-state index contributed by atoms with van der Waals surface area (Å²) in [5.74, 6) is 0.826. The van der Waals surface area contributed by atoms with Crippen LogP contribution in [0.5, 0.6) is 0 Å². The van der Waals surface area contributed by atoms with E-state index in [2.05, 4.69) is 38.9 Å². The second-order valence-electron chi connectivity index (χ2n) is 5.55. The third-order valence-electron chi connectivity index (χ3n) is 3.64. The summed E-state index contributed by atoms with van der Waals surface area (Å²) in [6.45, 7) is 8.04. The second kappa shape index (κ2) is 7.24. The SMILES string of the molecule is CNc1c(Cl)ncnc1N(C)CCN1C[C@@H](C)O[C@@H](C)C1. The van der Waals surface area contributed by atoms with Crippen LogP contribution in [0.15, 0.2) is 6.33 Å². The molecule has 1 aliphatic rings. The number of nitrogens with one attached hydrogen (secondary N) is 1. The van der Waals surface area contributed by atoms with Gasteiger partial charge in [0.15, 0.2) is 11.0 Å². The Morgan fingerprint density at radius 1 is 1.38 bits per heavy atom. The molecule has 2 atom stereocenters. The summed E-state index contributed by atoms with van der Waals surface area (Å²) < 4.78 is 5.76. The maximum Gasteiger partial charge on any atom is 0.157 e. The van der Waals surface area contributed by atoms with Crippen molar-refractivity contribution in [3.05, 3.63) is 11.5 Å². The van der Waals surface area contributed by atoms with Crippen LogP contribution in [0.3, 0.4) is 0 Å². The zero-order chi connectivity index (χ0) is 15.4. The predicted octanol–water partition coefficient (Wildman–Crippen LogP) is 1.72. The zero-order valence-corrected chi connectivity index (χ0v) is 13.9. The predicted molar refractivity (Wildman–Crippen MR) is 86.3 cm³/mol. The standard InChI is InChI=1S/C14H24ClN5O/c1-10-7-20(8-11(2)21-10)6-5-19(4)14-12(16-3)13(15)17-9-18-14/h9-11,16H,5-8H2,1-4H3/t10-,11+. The molecule has 2 rings (SSSR count). The van der Waals surface area contributed by atoms with Crippen molar-refractivity contribution in [2.45, 2.75) is 26.1 Å². The Morgan fingerprint density at radius 3 is 2.67 bits per heavy atom. The lowest BCUT2D eigenvalue weighted by atomic mass is 10.2. The maximum absolute atomic E-state index is 6.09. The van der Waals surface area contributed by atoms with Crippen LogP contribution in [0.4, 0.5) is 11.5 Å². The van der Waals surface area contributed by atoms with Crippen LogP contribution >= 0.6 is 11.6 Å². The van der Waals surface area contributed by atoms with Gasteiger partial charge in [0.05, 0.1) is 12.2 Å². The van der Waals surface area contributed by atoms with Gasteiger partial charge in [0.2, 0.25) is 0 Å². The Balaban J connectivity index is 1.96. The van der Waals surface area contributed by atoms with Crippen LogP contribution < -0.4 is 10.2 Å². The van der Waals surface area contributed by atoms with Gasteiger partial charge < -0.3 is 15.0 Å². The van der Waals surface area contributed by atoms with Crippen LogP contribution in [0, 0.1) is 0 Å². The molecule has 21 heavy (non-hydrogen) atoms. The molecular weight excluding hydrogens is 290 g/mol. The molecule has 0 bridgehead atoms. The lowest BCUT2D eigenvalue weighted by Gasteiger charge is -2.36. The van der Waals surface area contributed by atoms with E-state index in [0.29, 0.717) is 17.4 Å². The monoisotopic (exact) mass is 313 g/mol. The molecule has 0 aliphatic carbocycles. The van der Waals surface area contributed by atoms with Crippen LogP contribution in [-0.4, -0.2) is 67.4 Å². The van der Waals surface area contributed by atoms with Gasteiger partial charge in [-0.2, -0.15) is 0 Å². The van der Waals surface area contributed by atoms with Crippen LogP contribution in [0.2, 0.25) is 5.15 Å². The van der Waals surface area contributed by atoms with Crippen molar-refractivity contribution in [2.75, 3.05) is 50.5 Å². The molecule has 0 aromatic carbocycles. The fourth-order valence-electron chi connectivity index (χ4n) is 2.72. The van der Waals surface area contributed by atoms with E-state index < -0.39 is 0 Å². The average Bonchev–Trinajstić information content (AvgIpc) is 2.43. The molecule has 1 saturated heterocycles. The van der Waals surface area contributed by atoms with Gasteiger partial charge in [0.25, 0.3) is 0 Å². The number of aromatic nitrogens is 2. The lowest BCUT2D eigenvalue weighted by molar-refractivity contribution is -0.0670. The molecule has 7 heteroatoms. The molecule has 1 aliphatic heterocycles.